The van der Waals surface area contributed by atoms with Gasteiger partial charge in [-0.05, 0) is 27.7 Å². The Bertz CT molecular complexity index is 284. The predicted octanol–water partition coefficient (Wildman–Crippen LogP) is 2.07. The third kappa shape index (κ3) is 45.2. The first kappa shape index (κ1) is 32.4. The van der Waals surface area contributed by atoms with Crippen LogP contribution in [0.3, 0.4) is 0 Å². The summed E-state index contributed by atoms with van der Waals surface area (Å²) in [5, 5.41) is 0. The van der Waals surface area contributed by atoms with Crippen molar-refractivity contribution in [3.05, 3.63) is 23.7 Å². The second-order valence-electron chi connectivity index (χ2n) is 3.55. The number of hydrogen-bond donors (Lipinski definition) is 0. The number of carbonyl (C=O) groups excluding carboxylic acids is 2. The van der Waals surface area contributed by atoms with Crippen LogP contribution in [0.15, 0.2) is 23.7 Å². The Kier molecular flexibility index (Phi) is 37.9. The smallest absolute Gasteiger partial charge is 0.496 e. The SMILES string of the molecule is C.CC(=O)/C=C(\C)[O][AlH2].CO/C(C)=C/C(C)=O.COC.[V]. The Hall–Kier alpha value is -0.503. The van der Waals surface area contributed by atoms with Crippen LogP contribution >= 0.6 is 0 Å². The Morgan fingerprint density at radius 2 is 1.14 bits per heavy atom. The van der Waals surface area contributed by atoms with Crippen LogP contribution in [0.1, 0.15) is 35.1 Å². The summed E-state index contributed by atoms with van der Waals surface area (Å²) in [7, 11) is 4.79. The van der Waals surface area contributed by atoms with Crippen LogP contribution in [-0.4, -0.2) is 49.5 Å². The zero-order chi connectivity index (χ0) is 15.8. The van der Waals surface area contributed by atoms with E-state index in [-0.39, 0.29) is 37.5 Å². The molecule has 0 aliphatic heterocycles. The average molecular weight is 355 g/mol. The van der Waals surface area contributed by atoms with Crippen LogP contribution in [0.4, 0.5) is 0 Å². The summed E-state index contributed by atoms with van der Waals surface area (Å²) in [6.07, 6.45) is 2.92. The van der Waals surface area contributed by atoms with Gasteiger partial charge in [0.25, 0.3) is 0 Å². The summed E-state index contributed by atoms with van der Waals surface area (Å²) in [6.45, 7) is 6.50. The third-order valence-corrected chi connectivity index (χ3v) is 2.10. The van der Waals surface area contributed by atoms with Crippen molar-refractivity contribution in [2.24, 2.45) is 0 Å². The van der Waals surface area contributed by atoms with Crippen LogP contribution in [0.5, 0.6) is 0 Å². The van der Waals surface area contributed by atoms with E-state index in [1.54, 1.807) is 28.1 Å². The largest absolute Gasteiger partial charge is 0.651 e. The fraction of sp³-hybridized carbons (Fsp3) is 0.571. The number of hydrogen-bond acceptors (Lipinski definition) is 5. The zero-order valence-electron chi connectivity index (χ0n) is 13.6. The summed E-state index contributed by atoms with van der Waals surface area (Å²) < 4.78 is 13.8. The number of rotatable bonds is 4. The Morgan fingerprint density at radius 3 is 1.24 bits per heavy atom. The molecule has 0 N–H and O–H groups in total. The van der Waals surface area contributed by atoms with Gasteiger partial charge in [-0.3, -0.25) is 9.59 Å². The first-order valence-electron chi connectivity index (χ1n) is 5.60. The molecule has 0 saturated carbocycles. The molecule has 0 aromatic rings. The van der Waals surface area contributed by atoms with Gasteiger partial charge in [-0.25, -0.2) is 0 Å². The average Bonchev–Trinajstić information content (AvgIpc) is 2.29. The number of methoxy groups -OCH3 is 2. The molecule has 123 valence electrons. The normalized spacial score (nSPS) is 9.29. The maximum absolute atomic E-state index is 10.3. The Balaban J connectivity index is -0.0000000634. The number of ketones is 2. The first-order valence-corrected chi connectivity index (χ1v) is 6.42. The van der Waals surface area contributed by atoms with Gasteiger partial charge in [0.15, 0.2) is 11.6 Å². The molecule has 0 rings (SSSR count). The molecule has 0 heterocycles. The van der Waals surface area contributed by atoms with E-state index in [9.17, 15) is 9.59 Å². The minimum absolute atomic E-state index is 0. The van der Waals surface area contributed by atoms with E-state index in [2.05, 4.69) is 4.74 Å². The summed E-state index contributed by atoms with van der Waals surface area (Å²) in [4.78, 5) is 20.5. The van der Waals surface area contributed by atoms with Crippen molar-refractivity contribution >= 4 is 28.2 Å². The van der Waals surface area contributed by atoms with Gasteiger partial charge in [0.05, 0.1) is 18.6 Å². The molecule has 0 unspecified atom stereocenters. The second-order valence-corrected chi connectivity index (χ2v) is 3.96. The molecule has 0 amide bonds. The molecule has 21 heavy (non-hydrogen) atoms. The van der Waals surface area contributed by atoms with Gasteiger partial charge < -0.3 is 13.3 Å². The van der Waals surface area contributed by atoms with E-state index < -0.39 is 0 Å². The van der Waals surface area contributed by atoms with Crippen molar-refractivity contribution in [2.45, 2.75) is 35.1 Å². The zero-order valence-corrected chi connectivity index (χ0v) is 17.0. The maximum Gasteiger partial charge on any atom is 0.496 e. The number of ether oxygens (including phenoxy) is 2. The molecule has 0 aromatic carbocycles. The van der Waals surface area contributed by atoms with Crippen LogP contribution in [0, 0.1) is 0 Å². The van der Waals surface area contributed by atoms with Crippen LogP contribution < -0.4 is 0 Å². The third-order valence-electron chi connectivity index (χ3n) is 1.46. The molecule has 0 spiro atoms. The van der Waals surface area contributed by atoms with Gasteiger partial charge in [-0.1, -0.05) is 7.43 Å². The summed E-state index contributed by atoms with van der Waals surface area (Å²) in [6, 6.07) is 0. The molecule has 0 aromatic heterocycles. The van der Waals surface area contributed by atoms with Crippen LogP contribution in [-0.2, 0) is 41.4 Å². The fourth-order valence-electron chi connectivity index (χ4n) is 0.690. The van der Waals surface area contributed by atoms with E-state index in [4.69, 9.17) is 8.53 Å². The number of allylic oxidation sites excluding steroid dienone is 4. The number of carbonyl (C=O) groups is 2. The fourth-order valence-corrected chi connectivity index (χ4v) is 0.808. The quantitative estimate of drug-likeness (QED) is 0.439. The standard InChI is InChI=1S/C6H10O2.C5H8O2.C2H6O.CH4.Al.V.2H/c1-5(7)4-6(2)8-3;1-4(6)3-5(2)7;1-3-2;;;;;/h4H,1-3H3;3,6H,1-2H3;1-2H3;1H4;;;;/q;;;;+1;;;/p-1/b6-4+;4-3+;;;;;;. The summed E-state index contributed by atoms with van der Waals surface area (Å²) in [5.74, 6) is 1.42. The molecule has 0 bridgehead atoms. The van der Waals surface area contributed by atoms with Crippen molar-refractivity contribution in [3.8, 4) is 0 Å². The molecule has 0 saturated heterocycles. The topological polar surface area (TPSA) is 61.8 Å². The summed E-state index contributed by atoms with van der Waals surface area (Å²) >= 11 is 0.658. The van der Waals surface area contributed by atoms with Crippen molar-refractivity contribution in [2.75, 3.05) is 21.3 Å². The predicted molar refractivity (Wildman–Crippen MR) is 85.2 cm³/mol. The van der Waals surface area contributed by atoms with Gasteiger partial charge in [0.2, 0.25) is 0 Å². The molecule has 1 radical (unpaired) electrons. The monoisotopic (exact) mass is 355 g/mol. The molecule has 7 heteroatoms. The molecule has 5 nitrogen and oxygen atoms in total. The second kappa shape index (κ2) is 24.5. The first-order chi connectivity index (χ1) is 8.74. The van der Waals surface area contributed by atoms with Crippen molar-refractivity contribution in [3.63, 3.8) is 0 Å². The van der Waals surface area contributed by atoms with Crippen LogP contribution in [0.25, 0.3) is 0 Å². The van der Waals surface area contributed by atoms with E-state index in [0.717, 1.165) is 0 Å². The van der Waals surface area contributed by atoms with E-state index in [1.165, 1.54) is 33.1 Å². The van der Waals surface area contributed by atoms with Crippen molar-refractivity contribution in [1.82, 2.24) is 0 Å². The molecule has 0 aliphatic rings. The van der Waals surface area contributed by atoms with Gasteiger partial charge >= 0.3 is 16.6 Å². The molecule has 0 aliphatic carbocycles. The van der Waals surface area contributed by atoms with E-state index >= 15 is 0 Å². The minimum Gasteiger partial charge on any atom is -0.651 e. The van der Waals surface area contributed by atoms with E-state index in [0.29, 0.717) is 28.1 Å². The maximum atomic E-state index is 10.3. The van der Waals surface area contributed by atoms with Gasteiger partial charge in [-0.2, -0.15) is 0 Å². The molecular weight excluding hydrogens is 326 g/mol. The molecule has 0 fully saturated rings. The Labute approximate surface area is 149 Å². The van der Waals surface area contributed by atoms with E-state index in [1.807, 2.05) is 0 Å². The summed E-state index contributed by atoms with van der Waals surface area (Å²) in [5.41, 5.74) is 0. The van der Waals surface area contributed by atoms with Crippen molar-refractivity contribution < 1.29 is 41.4 Å². The van der Waals surface area contributed by atoms with Gasteiger partial charge in [-0.15, -0.1) is 0 Å². The minimum atomic E-state index is 0. The molecule has 0 atom stereocenters. The van der Waals surface area contributed by atoms with Crippen molar-refractivity contribution in [1.29, 1.82) is 0 Å². The van der Waals surface area contributed by atoms with Gasteiger partial charge in [0.1, 0.15) is 0 Å². The molecular formula is C14H29AlO5V. The van der Waals surface area contributed by atoms with Gasteiger partial charge in [0, 0.05) is 44.9 Å². The Morgan fingerprint density at radius 1 is 0.857 bits per heavy atom. The van der Waals surface area contributed by atoms with Crippen LogP contribution in [0.2, 0.25) is 0 Å².